The summed E-state index contributed by atoms with van der Waals surface area (Å²) >= 11 is 13.2. The molecular formula is C30H21Cl2N3O3S. The van der Waals surface area contributed by atoms with Gasteiger partial charge in [-0.25, -0.2) is 4.99 Å². The number of amides is 2. The third-order valence-corrected chi connectivity index (χ3v) is 7.28. The Labute approximate surface area is 239 Å². The van der Waals surface area contributed by atoms with E-state index in [1.807, 2.05) is 72.8 Å². The molecule has 0 atom stereocenters. The molecule has 194 valence electrons. The summed E-state index contributed by atoms with van der Waals surface area (Å²) in [5, 5.41) is 4.01. The predicted octanol–water partition coefficient (Wildman–Crippen LogP) is 7.82. The van der Waals surface area contributed by atoms with Crippen LogP contribution in [0.4, 0.5) is 17.1 Å². The van der Waals surface area contributed by atoms with Crippen LogP contribution in [0.25, 0.3) is 6.08 Å². The first-order valence-electron chi connectivity index (χ1n) is 11.9. The lowest BCUT2D eigenvalue weighted by atomic mass is 10.2. The van der Waals surface area contributed by atoms with Gasteiger partial charge in [-0.1, -0.05) is 77.8 Å². The molecule has 6 nitrogen and oxygen atoms in total. The molecule has 1 saturated heterocycles. The van der Waals surface area contributed by atoms with Crippen molar-refractivity contribution in [3.8, 4) is 5.75 Å². The van der Waals surface area contributed by atoms with Gasteiger partial charge in [0.2, 0.25) is 0 Å². The number of rotatable bonds is 7. The van der Waals surface area contributed by atoms with Gasteiger partial charge in [0.15, 0.2) is 11.8 Å². The molecule has 1 N–H and O–H groups in total. The van der Waals surface area contributed by atoms with E-state index in [0.29, 0.717) is 37.1 Å². The van der Waals surface area contributed by atoms with Crippen LogP contribution in [0.5, 0.6) is 5.75 Å². The zero-order valence-electron chi connectivity index (χ0n) is 20.4. The van der Waals surface area contributed by atoms with Crippen molar-refractivity contribution in [2.24, 2.45) is 4.99 Å². The Hall–Kier alpha value is -4.04. The molecule has 1 fully saturated rings. The third kappa shape index (κ3) is 6.52. The van der Waals surface area contributed by atoms with Crippen LogP contribution in [0.2, 0.25) is 10.0 Å². The SMILES string of the molecule is O=C(COc1ccccc1/C=C1/SC(=Nc2ccccc2)N(c2ccccc2)C1=O)Nc1ccc(Cl)c(Cl)c1. The number of nitrogens with one attached hydrogen (secondary N) is 1. The summed E-state index contributed by atoms with van der Waals surface area (Å²) in [6.45, 7) is -0.238. The lowest BCUT2D eigenvalue weighted by Crippen LogP contribution is -2.28. The van der Waals surface area contributed by atoms with E-state index in [9.17, 15) is 9.59 Å². The highest BCUT2D eigenvalue weighted by molar-refractivity contribution is 8.19. The van der Waals surface area contributed by atoms with Crippen LogP contribution in [0.1, 0.15) is 5.56 Å². The fourth-order valence-electron chi connectivity index (χ4n) is 3.75. The van der Waals surface area contributed by atoms with Crippen molar-refractivity contribution in [3.63, 3.8) is 0 Å². The van der Waals surface area contributed by atoms with Gasteiger partial charge in [-0.15, -0.1) is 0 Å². The standard InChI is InChI=1S/C30H21Cl2N3O3S/c31-24-16-15-22(18-25(24)32)33-28(36)19-38-26-14-8-7-9-20(26)17-27-29(37)35(23-12-5-2-6-13-23)30(39-27)34-21-10-3-1-4-11-21/h1-18H,19H2,(H,33,36)/b27-17+,34-30?. The average Bonchev–Trinajstić information content (AvgIpc) is 3.25. The highest BCUT2D eigenvalue weighted by Crippen LogP contribution is 2.38. The number of halogens is 2. The molecule has 39 heavy (non-hydrogen) atoms. The normalized spacial score (nSPS) is 15.1. The van der Waals surface area contributed by atoms with Crippen molar-refractivity contribution in [1.82, 2.24) is 0 Å². The topological polar surface area (TPSA) is 71.0 Å². The Morgan fingerprint density at radius 2 is 1.59 bits per heavy atom. The van der Waals surface area contributed by atoms with Crippen LogP contribution < -0.4 is 15.0 Å². The lowest BCUT2D eigenvalue weighted by Gasteiger charge is -2.15. The number of hydrogen-bond donors (Lipinski definition) is 1. The van der Waals surface area contributed by atoms with E-state index in [0.717, 1.165) is 11.4 Å². The first-order valence-corrected chi connectivity index (χ1v) is 13.4. The molecular weight excluding hydrogens is 553 g/mol. The molecule has 0 unspecified atom stereocenters. The Morgan fingerprint density at radius 3 is 2.33 bits per heavy atom. The minimum Gasteiger partial charge on any atom is -0.483 e. The maximum atomic E-state index is 13.6. The summed E-state index contributed by atoms with van der Waals surface area (Å²) < 4.78 is 5.82. The first-order chi connectivity index (χ1) is 19.0. The lowest BCUT2D eigenvalue weighted by molar-refractivity contribution is -0.118. The van der Waals surface area contributed by atoms with E-state index in [2.05, 4.69) is 5.32 Å². The molecule has 5 rings (SSSR count). The summed E-state index contributed by atoms with van der Waals surface area (Å²) in [4.78, 5) is 32.9. The van der Waals surface area contributed by atoms with Gasteiger partial charge in [0.05, 0.1) is 26.3 Å². The highest BCUT2D eigenvalue weighted by atomic mass is 35.5. The average molecular weight is 574 g/mol. The first kappa shape index (κ1) is 26.6. The van der Waals surface area contributed by atoms with Crippen LogP contribution in [0.15, 0.2) is 113 Å². The second-order valence-electron chi connectivity index (χ2n) is 8.32. The smallest absolute Gasteiger partial charge is 0.271 e. The molecule has 1 heterocycles. The molecule has 4 aromatic carbocycles. The Kier molecular flexibility index (Phi) is 8.32. The number of nitrogens with zero attached hydrogens (tertiary/aromatic N) is 2. The van der Waals surface area contributed by atoms with Crippen molar-refractivity contribution >= 4 is 75.1 Å². The van der Waals surface area contributed by atoms with Crippen molar-refractivity contribution < 1.29 is 14.3 Å². The van der Waals surface area contributed by atoms with E-state index in [1.54, 1.807) is 41.3 Å². The number of carbonyl (C=O) groups excluding carboxylic acids is 2. The van der Waals surface area contributed by atoms with Crippen molar-refractivity contribution in [2.45, 2.75) is 0 Å². The number of hydrogen-bond acceptors (Lipinski definition) is 5. The maximum absolute atomic E-state index is 13.6. The van der Waals surface area contributed by atoms with Gasteiger partial charge in [-0.2, -0.15) is 0 Å². The van der Waals surface area contributed by atoms with Gasteiger partial charge >= 0.3 is 0 Å². The Bertz CT molecular complexity index is 1580. The molecule has 1 aliphatic heterocycles. The number of anilines is 2. The summed E-state index contributed by atoms with van der Waals surface area (Å²) in [7, 11) is 0. The molecule has 0 aliphatic carbocycles. The molecule has 0 spiro atoms. The molecule has 0 saturated carbocycles. The number of carbonyl (C=O) groups is 2. The van der Waals surface area contributed by atoms with Crippen molar-refractivity contribution in [2.75, 3.05) is 16.8 Å². The second kappa shape index (κ2) is 12.2. The van der Waals surface area contributed by atoms with Crippen LogP contribution in [0.3, 0.4) is 0 Å². The molecule has 4 aromatic rings. The predicted molar refractivity (Wildman–Crippen MR) is 160 cm³/mol. The number of amidine groups is 1. The monoisotopic (exact) mass is 573 g/mol. The highest BCUT2D eigenvalue weighted by Gasteiger charge is 2.34. The van der Waals surface area contributed by atoms with Gasteiger partial charge in [0, 0.05) is 11.3 Å². The number of ether oxygens (including phenoxy) is 1. The quantitative estimate of drug-likeness (QED) is 0.229. The fraction of sp³-hybridized carbons (Fsp3) is 0.0333. The number of para-hydroxylation sites is 3. The van der Waals surface area contributed by atoms with Crippen LogP contribution in [-0.2, 0) is 9.59 Å². The van der Waals surface area contributed by atoms with Crippen molar-refractivity contribution in [3.05, 3.63) is 124 Å². The Balaban J connectivity index is 1.37. The summed E-state index contributed by atoms with van der Waals surface area (Å²) in [5.74, 6) is -0.106. The molecule has 9 heteroatoms. The summed E-state index contributed by atoms with van der Waals surface area (Å²) in [5.41, 5.74) is 2.63. The van der Waals surface area contributed by atoms with Gasteiger partial charge in [-0.05, 0) is 66.4 Å². The third-order valence-electron chi connectivity index (χ3n) is 5.57. The van der Waals surface area contributed by atoms with E-state index in [1.165, 1.54) is 11.8 Å². The molecule has 2 amide bonds. The minimum atomic E-state index is -0.366. The van der Waals surface area contributed by atoms with Gasteiger partial charge in [-0.3, -0.25) is 14.5 Å². The second-order valence-corrected chi connectivity index (χ2v) is 10.1. The van der Waals surface area contributed by atoms with Gasteiger partial charge < -0.3 is 10.1 Å². The van der Waals surface area contributed by atoms with Gasteiger partial charge in [0.1, 0.15) is 5.75 Å². The Morgan fingerprint density at radius 1 is 0.897 bits per heavy atom. The van der Waals surface area contributed by atoms with E-state index in [-0.39, 0.29) is 18.4 Å². The number of benzene rings is 4. The van der Waals surface area contributed by atoms with Gasteiger partial charge in [0.25, 0.3) is 11.8 Å². The maximum Gasteiger partial charge on any atom is 0.271 e. The van der Waals surface area contributed by atoms with E-state index < -0.39 is 0 Å². The van der Waals surface area contributed by atoms with E-state index in [4.69, 9.17) is 32.9 Å². The molecule has 0 aromatic heterocycles. The molecule has 0 bridgehead atoms. The zero-order valence-corrected chi connectivity index (χ0v) is 22.7. The van der Waals surface area contributed by atoms with Crippen LogP contribution >= 0.6 is 35.0 Å². The molecule has 0 radical (unpaired) electrons. The van der Waals surface area contributed by atoms with Crippen LogP contribution in [-0.4, -0.2) is 23.6 Å². The number of thioether (sulfide) groups is 1. The largest absolute Gasteiger partial charge is 0.483 e. The molecule has 1 aliphatic rings. The number of aliphatic imine (C=N–C) groups is 1. The summed E-state index contributed by atoms with van der Waals surface area (Å²) in [6.07, 6.45) is 1.75. The van der Waals surface area contributed by atoms with E-state index >= 15 is 0 Å². The van der Waals surface area contributed by atoms with Crippen molar-refractivity contribution in [1.29, 1.82) is 0 Å². The fourth-order valence-corrected chi connectivity index (χ4v) is 5.04. The minimum absolute atomic E-state index is 0.201. The zero-order chi connectivity index (χ0) is 27.2. The van der Waals surface area contributed by atoms with Crippen LogP contribution in [0, 0.1) is 0 Å². The summed E-state index contributed by atoms with van der Waals surface area (Å²) in [6, 6.07) is 30.9.